The highest BCUT2D eigenvalue weighted by Crippen LogP contribution is 2.19. The molecule has 0 aliphatic heterocycles. The van der Waals surface area contributed by atoms with Crippen molar-refractivity contribution in [2.24, 2.45) is 0 Å². The van der Waals surface area contributed by atoms with E-state index in [1.807, 2.05) is 0 Å². The third-order valence-corrected chi connectivity index (χ3v) is 2.00. The molecule has 6 heteroatoms. The molecule has 0 atom stereocenters. The second kappa shape index (κ2) is 6.42. The van der Waals surface area contributed by atoms with E-state index in [9.17, 15) is 0 Å². The van der Waals surface area contributed by atoms with Crippen LogP contribution in [0.4, 0.5) is 5.82 Å². The molecule has 5 nitrogen and oxygen atoms in total. The molecule has 0 saturated carbocycles. The van der Waals surface area contributed by atoms with E-state index in [0.717, 1.165) is 13.0 Å². The molecule has 1 aromatic rings. The molecule has 1 heterocycles. The second-order valence-corrected chi connectivity index (χ2v) is 3.23. The lowest BCUT2D eigenvalue weighted by Gasteiger charge is -2.07. The van der Waals surface area contributed by atoms with Gasteiger partial charge in [0.2, 0.25) is 0 Å². The highest BCUT2D eigenvalue weighted by Gasteiger charge is 2.04. The van der Waals surface area contributed by atoms with Crippen LogP contribution in [0.15, 0.2) is 6.20 Å². The maximum Gasteiger partial charge on any atom is 0.318 e. The average Bonchev–Trinajstić information content (AvgIpc) is 2.26. The van der Waals surface area contributed by atoms with E-state index in [1.165, 1.54) is 13.3 Å². The Morgan fingerprint density at radius 3 is 2.93 bits per heavy atom. The Labute approximate surface area is 93.8 Å². The van der Waals surface area contributed by atoms with Gasteiger partial charge < -0.3 is 14.8 Å². The molecule has 84 valence electrons. The van der Waals surface area contributed by atoms with E-state index in [2.05, 4.69) is 15.3 Å². The smallest absolute Gasteiger partial charge is 0.318 e. The van der Waals surface area contributed by atoms with Crippen LogP contribution < -0.4 is 10.1 Å². The fourth-order valence-corrected chi connectivity index (χ4v) is 1.15. The van der Waals surface area contributed by atoms with Crippen LogP contribution in [0.2, 0.25) is 5.02 Å². The Morgan fingerprint density at radius 1 is 1.47 bits per heavy atom. The highest BCUT2D eigenvalue weighted by molar-refractivity contribution is 6.32. The van der Waals surface area contributed by atoms with Crippen molar-refractivity contribution in [1.82, 2.24) is 9.97 Å². The van der Waals surface area contributed by atoms with Gasteiger partial charge in [-0.1, -0.05) is 11.6 Å². The van der Waals surface area contributed by atoms with E-state index in [-0.39, 0.29) is 0 Å². The lowest BCUT2D eigenvalue weighted by atomic mass is 10.4. The first-order chi connectivity index (χ1) is 7.27. The quantitative estimate of drug-likeness (QED) is 0.754. The van der Waals surface area contributed by atoms with Crippen LogP contribution in [-0.4, -0.2) is 37.3 Å². The normalized spacial score (nSPS) is 10.1. The van der Waals surface area contributed by atoms with Gasteiger partial charge in [0.1, 0.15) is 5.02 Å². The predicted molar refractivity (Wildman–Crippen MR) is 58.6 cm³/mol. The number of anilines is 1. The van der Waals surface area contributed by atoms with E-state index < -0.39 is 0 Å². The Kier molecular flexibility index (Phi) is 5.14. The molecule has 0 radical (unpaired) electrons. The van der Waals surface area contributed by atoms with Crippen LogP contribution in [0.25, 0.3) is 0 Å². The fourth-order valence-electron chi connectivity index (χ4n) is 0.997. The number of hydrogen-bond acceptors (Lipinski definition) is 5. The number of rotatable bonds is 6. The number of nitrogens with zero attached hydrogens (tertiary/aromatic N) is 2. The van der Waals surface area contributed by atoms with Gasteiger partial charge in [0.25, 0.3) is 0 Å². The summed E-state index contributed by atoms with van der Waals surface area (Å²) in [7, 11) is 3.18. The topological polar surface area (TPSA) is 56.3 Å². The van der Waals surface area contributed by atoms with Crippen molar-refractivity contribution in [3.05, 3.63) is 11.2 Å². The zero-order chi connectivity index (χ0) is 11.1. The van der Waals surface area contributed by atoms with Crippen molar-refractivity contribution in [2.75, 3.05) is 32.7 Å². The van der Waals surface area contributed by atoms with E-state index in [1.54, 1.807) is 7.11 Å². The number of methoxy groups -OCH3 is 2. The standard InChI is InChI=1S/C9H14ClN3O2/c1-14-5-3-4-11-8-7(10)6-12-9(13-8)15-2/h6H,3-5H2,1-2H3,(H,11,12,13). The summed E-state index contributed by atoms with van der Waals surface area (Å²) >= 11 is 5.89. The number of halogens is 1. The minimum absolute atomic E-state index is 0.300. The molecule has 0 bridgehead atoms. The number of hydrogen-bond donors (Lipinski definition) is 1. The third kappa shape index (κ3) is 3.89. The molecule has 0 unspecified atom stereocenters. The van der Waals surface area contributed by atoms with Crippen LogP contribution in [0.3, 0.4) is 0 Å². The monoisotopic (exact) mass is 231 g/mol. The summed E-state index contributed by atoms with van der Waals surface area (Å²) in [5.74, 6) is 0.583. The summed E-state index contributed by atoms with van der Waals surface area (Å²) in [5.41, 5.74) is 0. The SMILES string of the molecule is COCCCNc1nc(OC)ncc1Cl. The molecule has 1 rings (SSSR count). The minimum atomic E-state index is 0.300. The van der Waals surface area contributed by atoms with Gasteiger partial charge in [-0.15, -0.1) is 0 Å². The van der Waals surface area contributed by atoms with Gasteiger partial charge in [-0.3, -0.25) is 0 Å². The molecule has 0 amide bonds. The summed E-state index contributed by atoms with van der Waals surface area (Å²) < 4.78 is 9.82. The van der Waals surface area contributed by atoms with Gasteiger partial charge in [-0.2, -0.15) is 4.98 Å². The summed E-state index contributed by atoms with van der Waals surface area (Å²) in [6.45, 7) is 1.45. The maximum atomic E-state index is 5.89. The molecule has 0 aliphatic carbocycles. The number of nitrogens with one attached hydrogen (secondary N) is 1. The lowest BCUT2D eigenvalue weighted by Crippen LogP contribution is -2.07. The van der Waals surface area contributed by atoms with Crippen molar-refractivity contribution in [3.63, 3.8) is 0 Å². The summed E-state index contributed by atoms with van der Waals surface area (Å²) in [5, 5.41) is 3.56. The van der Waals surface area contributed by atoms with Crippen LogP contribution in [0, 0.1) is 0 Å². The van der Waals surface area contributed by atoms with Crippen LogP contribution >= 0.6 is 11.6 Å². The van der Waals surface area contributed by atoms with Gasteiger partial charge in [0, 0.05) is 20.3 Å². The Hall–Kier alpha value is -1.07. The molecule has 0 spiro atoms. The molecular formula is C9H14ClN3O2. The van der Waals surface area contributed by atoms with Crippen LogP contribution in [0.5, 0.6) is 6.01 Å². The van der Waals surface area contributed by atoms with E-state index in [0.29, 0.717) is 23.5 Å². The molecule has 1 aromatic heterocycles. The summed E-state index contributed by atoms with van der Waals surface area (Å²) in [6.07, 6.45) is 2.39. The number of aromatic nitrogens is 2. The Morgan fingerprint density at radius 2 is 2.27 bits per heavy atom. The Balaban J connectivity index is 2.51. The maximum absolute atomic E-state index is 5.89. The minimum Gasteiger partial charge on any atom is -0.467 e. The zero-order valence-electron chi connectivity index (χ0n) is 8.79. The zero-order valence-corrected chi connectivity index (χ0v) is 9.54. The summed E-state index contributed by atoms with van der Waals surface area (Å²) in [4.78, 5) is 7.94. The third-order valence-electron chi connectivity index (χ3n) is 1.72. The van der Waals surface area contributed by atoms with Gasteiger partial charge in [0.05, 0.1) is 13.3 Å². The van der Waals surface area contributed by atoms with E-state index in [4.69, 9.17) is 21.1 Å². The average molecular weight is 232 g/mol. The predicted octanol–water partition coefficient (Wildman–Crippen LogP) is 1.59. The fraction of sp³-hybridized carbons (Fsp3) is 0.556. The molecule has 0 aliphatic rings. The molecule has 0 saturated heterocycles. The molecule has 0 fully saturated rings. The van der Waals surface area contributed by atoms with Crippen molar-refractivity contribution in [3.8, 4) is 6.01 Å². The second-order valence-electron chi connectivity index (χ2n) is 2.83. The van der Waals surface area contributed by atoms with Gasteiger partial charge in [-0.25, -0.2) is 4.98 Å². The molecule has 1 N–H and O–H groups in total. The van der Waals surface area contributed by atoms with E-state index >= 15 is 0 Å². The highest BCUT2D eigenvalue weighted by atomic mass is 35.5. The van der Waals surface area contributed by atoms with Crippen molar-refractivity contribution in [2.45, 2.75) is 6.42 Å². The first kappa shape index (κ1) is 12.0. The van der Waals surface area contributed by atoms with Crippen molar-refractivity contribution >= 4 is 17.4 Å². The van der Waals surface area contributed by atoms with Crippen LogP contribution in [-0.2, 0) is 4.74 Å². The van der Waals surface area contributed by atoms with Crippen LogP contribution in [0.1, 0.15) is 6.42 Å². The van der Waals surface area contributed by atoms with Crippen molar-refractivity contribution < 1.29 is 9.47 Å². The lowest BCUT2D eigenvalue weighted by molar-refractivity contribution is 0.197. The Bertz CT molecular complexity index is 309. The first-order valence-electron chi connectivity index (χ1n) is 4.57. The first-order valence-corrected chi connectivity index (χ1v) is 4.95. The van der Waals surface area contributed by atoms with Crippen molar-refractivity contribution in [1.29, 1.82) is 0 Å². The number of ether oxygens (including phenoxy) is 2. The molecular weight excluding hydrogens is 218 g/mol. The largest absolute Gasteiger partial charge is 0.467 e. The summed E-state index contributed by atoms with van der Waals surface area (Å²) in [6, 6.07) is 0.300. The van der Waals surface area contributed by atoms with Gasteiger partial charge in [0.15, 0.2) is 5.82 Å². The van der Waals surface area contributed by atoms with Gasteiger partial charge >= 0.3 is 6.01 Å². The van der Waals surface area contributed by atoms with Gasteiger partial charge in [-0.05, 0) is 6.42 Å². The molecule has 0 aromatic carbocycles. The molecule has 15 heavy (non-hydrogen) atoms.